The highest BCUT2D eigenvalue weighted by Crippen LogP contribution is 2.23. The first kappa shape index (κ1) is 7.87. The van der Waals surface area contributed by atoms with Gasteiger partial charge in [-0.15, -0.1) is 0 Å². The zero-order valence-electron chi connectivity index (χ0n) is 6.51. The molecule has 0 fully saturated rings. The van der Waals surface area contributed by atoms with Gasteiger partial charge in [0.25, 0.3) is 0 Å². The molecular formula is C10H8BrO. The van der Waals surface area contributed by atoms with Crippen molar-refractivity contribution >= 4 is 26.9 Å². The minimum absolute atomic E-state index is 0.701. The van der Waals surface area contributed by atoms with Crippen LogP contribution in [0.5, 0.6) is 0 Å². The molecule has 0 spiro atoms. The van der Waals surface area contributed by atoms with E-state index in [1.165, 1.54) is 0 Å². The van der Waals surface area contributed by atoms with Crippen LogP contribution in [-0.4, -0.2) is 0 Å². The van der Waals surface area contributed by atoms with E-state index in [4.69, 9.17) is 4.42 Å². The smallest absolute Gasteiger partial charge is 0.135 e. The van der Waals surface area contributed by atoms with Crippen molar-refractivity contribution in [1.29, 1.82) is 0 Å². The van der Waals surface area contributed by atoms with Gasteiger partial charge in [0, 0.05) is 16.3 Å². The lowest BCUT2D eigenvalue weighted by atomic mass is 10.2. The molecule has 0 atom stereocenters. The molecular weight excluding hydrogens is 216 g/mol. The normalized spacial score (nSPS) is 10.8. The Morgan fingerprint density at radius 1 is 1.33 bits per heavy atom. The first-order valence-electron chi connectivity index (χ1n) is 3.77. The van der Waals surface area contributed by atoms with Gasteiger partial charge >= 0.3 is 0 Å². The number of halogens is 1. The quantitative estimate of drug-likeness (QED) is 0.721. The fourth-order valence-corrected chi connectivity index (χ4v) is 1.52. The Morgan fingerprint density at radius 3 is 2.92 bits per heavy atom. The highest BCUT2D eigenvalue weighted by molar-refractivity contribution is 9.10. The third-order valence-electron chi connectivity index (χ3n) is 1.78. The number of furan rings is 1. The van der Waals surface area contributed by atoms with Gasteiger partial charge < -0.3 is 4.42 Å². The molecule has 1 aromatic heterocycles. The van der Waals surface area contributed by atoms with Crippen LogP contribution in [0.1, 0.15) is 5.76 Å². The third kappa shape index (κ3) is 1.27. The molecule has 1 heterocycles. The van der Waals surface area contributed by atoms with Crippen molar-refractivity contribution in [1.82, 2.24) is 0 Å². The fraction of sp³-hybridized carbons (Fsp3) is 0.100. The summed E-state index contributed by atoms with van der Waals surface area (Å²) >= 11 is 3.39. The zero-order valence-corrected chi connectivity index (χ0v) is 8.10. The predicted octanol–water partition coefficient (Wildman–Crippen LogP) is 3.57. The summed E-state index contributed by atoms with van der Waals surface area (Å²) in [6.45, 7) is 3.77. The van der Waals surface area contributed by atoms with Crippen LogP contribution in [0.2, 0.25) is 0 Å². The van der Waals surface area contributed by atoms with Gasteiger partial charge in [0.15, 0.2) is 0 Å². The van der Waals surface area contributed by atoms with Crippen LogP contribution in [0.25, 0.3) is 11.0 Å². The van der Waals surface area contributed by atoms with Crippen LogP contribution in [-0.2, 0) is 6.42 Å². The van der Waals surface area contributed by atoms with Gasteiger partial charge in [-0.25, -0.2) is 0 Å². The molecule has 61 valence electrons. The average molecular weight is 224 g/mol. The molecule has 0 unspecified atom stereocenters. The second-order valence-corrected chi connectivity index (χ2v) is 3.56. The lowest BCUT2D eigenvalue weighted by molar-refractivity contribution is 0.564. The topological polar surface area (TPSA) is 13.1 Å². The van der Waals surface area contributed by atoms with Gasteiger partial charge in [0.05, 0.1) is 0 Å². The van der Waals surface area contributed by atoms with Crippen molar-refractivity contribution < 1.29 is 4.42 Å². The van der Waals surface area contributed by atoms with Gasteiger partial charge in [-0.1, -0.05) is 15.9 Å². The summed E-state index contributed by atoms with van der Waals surface area (Å²) in [7, 11) is 0. The lowest BCUT2D eigenvalue weighted by Crippen LogP contribution is -1.67. The van der Waals surface area contributed by atoms with Crippen LogP contribution < -0.4 is 0 Å². The fourth-order valence-electron chi connectivity index (χ4n) is 1.18. The highest BCUT2D eigenvalue weighted by atomic mass is 79.9. The maximum Gasteiger partial charge on any atom is 0.135 e. The number of hydrogen-bond donors (Lipinski definition) is 0. The van der Waals surface area contributed by atoms with Crippen molar-refractivity contribution in [3.63, 3.8) is 0 Å². The molecule has 0 aliphatic carbocycles. The SMILES string of the molecule is [CH2]Cc1cc2ccc(Br)cc2o1. The molecule has 0 aliphatic rings. The molecule has 2 heteroatoms. The van der Waals surface area contributed by atoms with Crippen molar-refractivity contribution in [2.75, 3.05) is 0 Å². The molecule has 1 radical (unpaired) electrons. The number of benzene rings is 1. The molecule has 0 saturated carbocycles. The van der Waals surface area contributed by atoms with E-state index in [9.17, 15) is 0 Å². The van der Waals surface area contributed by atoms with Crippen molar-refractivity contribution in [3.8, 4) is 0 Å². The lowest BCUT2D eigenvalue weighted by Gasteiger charge is -1.88. The molecule has 0 aliphatic heterocycles. The first-order chi connectivity index (χ1) is 5.79. The number of rotatable bonds is 1. The summed E-state index contributed by atoms with van der Waals surface area (Å²) < 4.78 is 6.55. The second-order valence-electron chi connectivity index (χ2n) is 2.64. The largest absolute Gasteiger partial charge is 0.461 e. The molecule has 12 heavy (non-hydrogen) atoms. The molecule has 0 N–H and O–H groups in total. The summed E-state index contributed by atoms with van der Waals surface area (Å²) in [4.78, 5) is 0. The molecule has 0 amide bonds. The van der Waals surface area contributed by atoms with Crippen molar-refractivity contribution in [3.05, 3.63) is 41.4 Å². The molecule has 1 nitrogen and oxygen atoms in total. The predicted molar refractivity (Wildman–Crippen MR) is 53.0 cm³/mol. The van der Waals surface area contributed by atoms with Crippen molar-refractivity contribution in [2.45, 2.75) is 6.42 Å². The van der Waals surface area contributed by atoms with E-state index in [1.807, 2.05) is 24.3 Å². The van der Waals surface area contributed by atoms with E-state index in [2.05, 4.69) is 22.9 Å². The molecule has 0 saturated heterocycles. The number of fused-ring (bicyclic) bond motifs is 1. The Morgan fingerprint density at radius 2 is 2.17 bits per heavy atom. The minimum Gasteiger partial charge on any atom is -0.461 e. The van der Waals surface area contributed by atoms with E-state index in [1.54, 1.807) is 0 Å². The van der Waals surface area contributed by atoms with Gasteiger partial charge in [-0.05, 0) is 31.2 Å². The first-order valence-corrected chi connectivity index (χ1v) is 4.56. The Bertz CT molecular complexity index is 403. The van der Waals surface area contributed by atoms with Crippen LogP contribution in [0.4, 0.5) is 0 Å². The molecule has 0 bridgehead atoms. The van der Waals surface area contributed by atoms with E-state index >= 15 is 0 Å². The van der Waals surface area contributed by atoms with Gasteiger partial charge in [-0.2, -0.15) is 0 Å². The summed E-state index contributed by atoms with van der Waals surface area (Å²) in [5.74, 6) is 0.933. The van der Waals surface area contributed by atoms with Crippen molar-refractivity contribution in [2.24, 2.45) is 0 Å². The van der Waals surface area contributed by atoms with E-state index in [-0.39, 0.29) is 0 Å². The Hall–Kier alpha value is -0.760. The zero-order chi connectivity index (χ0) is 8.55. The van der Waals surface area contributed by atoms with Gasteiger partial charge in [-0.3, -0.25) is 0 Å². The van der Waals surface area contributed by atoms with Crippen LogP contribution in [0, 0.1) is 6.92 Å². The summed E-state index contributed by atoms with van der Waals surface area (Å²) in [6.07, 6.45) is 0.701. The number of hydrogen-bond acceptors (Lipinski definition) is 1. The van der Waals surface area contributed by atoms with Crippen LogP contribution >= 0.6 is 15.9 Å². The minimum atomic E-state index is 0.701. The van der Waals surface area contributed by atoms with Crippen LogP contribution in [0.3, 0.4) is 0 Å². The maximum atomic E-state index is 5.51. The van der Waals surface area contributed by atoms with Crippen LogP contribution in [0.15, 0.2) is 33.2 Å². The van der Waals surface area contributed by atoms with Gasteiger partial charge in [0.1, 0.15) is 11.3 Å². The van der Waals surface area contributed by atoms with E-state index < -0.39 is 0 Å². The molecule has 2 aromatic rings. The van der Waals surface area contributed by atoms with Gasteiger partial charge in [0.2, 0.25) is 0 Å². The highest BCUT2D eigenvalue weighted by Gasteiger charge is 2.01. The summed E-state index contributed by atoms with van der Waals surface area (Å²) in [5.41, 5.74) is 0.919. The monoisotopic (exact) mass is 223 g/mol. The average Bonchev–Trinajstić information content (AvgIpc) is 2.46. The second kappa shape index (κ2) is 2.94. The summed E-state index contributed by atoms with van der Waals surface area (Å²) in [5, 5.41) is 1.14. The molecule has 1 aromatic carbocycles. The van der Waals surface area contributed by atoms with E-state index in [0.29, 0.717) is 6.42 Å². The standard InChI is InChI=1S/C10H8BrO/c1-2-9-5-7-3-4-8(11)6-10(7)12-9/h3-6H,1-2H2. The third-order valence-corrected chi connectivity index (χ3v) is 2.27. The molecule has 2 rings (SSSR count). The maximum absolute atomic E-state index is 5.51. The Kier molecular flexibility index (Phi) is 1.93. The van der Waals surface area contributed by atoms with E-state index in [0.717, 1.165) is 21.2 Å². The Balaban J connectivity index is 2.67. The summed E-state index contributed by atoms with van der Waals surface area (Å²) in [6, 6.07) is 8.02. The Labute approximate surface area is 79.5 Å².